The zero-order valence-corrected chi connectivity index (χ0v) is 11.5. The van der Waals surface area contributed by atoms with Gasteiger partial charge in [-0.05, 0) is 19.1 Å². The third kappa shape index (κ3) is 3.64. The summed E-state index contributed by atoms with van der Waals surface area (Å²) < 4.78 is 26.9. The number of carbonyl (C=O) groups excluding carboxylic acids is 1. The van der Waals surface area contributed by atoms with Gasteiger partial charge < -0.3 is 10.2 Å². The molecule has 0 spiro atoms. The fourth-order valence-electron chi connectivity index (χ4n) is 2.17. The molecule has 1 atom stereocenters. The van der Waals surface area contributed by atoms with Crippen LogP contribution in [0.25, 0.3) is 0 Å². The average molecular weight is 291 g/mol. The van der Waals surface area contributed by atoms with Crippen molar-refractivity contribution in [2.24, 2.45) is 0 Å². The highest BCUT2D eigenvalue weighted by atomic mass is 35.5. The summed E-state index contributed by atoms with van der Waals surface area (Å²) in [5.74, 6) is -1.55. The molecule has 0 bridgehead atoms. The van der Waals surface area contributed by atoms with E-state index >= 15 is 0 Å². The number of hydrogen-bond acceptors (Lipinski definition) is 2. The molecule has 6 heteroatoms. The van der Waals surface area contributed by atoms with E-state index in [0.29, 0.717) is 13.1 Å². The van der Waals surface area contributed by atoms with Gasteiger partial charge in [0.05, 0.1) is 6.42 Å². The summed E-state index contributed by atoms with van der Waals surface area (Å²) in [4.78, 5) is 13.7. The van der Waals surface area contributed by atoms with Gasteiger partial charge >= 0.3 is 0 Å². The van der Waals surface area contributed by atoms with Crippen molar-refractivity contribution in [2.75, 3.05) is 19.6 Å². The molecule has 1 N–H and O–H groups in total. The van der Waals surface area contributed by atoms with E-state index in [1.54, 1.807) is 4.90 Å². The molecule has 1 fully saturated rings. The highest BCUT2D eigenvalue weighted by molar-refractivity contribution is 5.85. The monoisotopic (exact) mass is 290 g/mol. The summed E-state index contributed by atoms with van der Waals surface area (Å²) in [6.45, 7) is 3.93. The van der Waals surface area contributed by atoms with Gasteiger partial charge in [0.25, 0.3) is 0 Å². The zero-order chi connectivity index (χ0) is 13.1. The van der Waals surface area contributed by atoms with Gasteiger partial charge in [-0.1, -0.05) is 6.07 Å². The first-order valence-electron chi connectivity index (χ1n) is 6.02. The van der Waals surface area contributed by atoms with E-state index in [1.807, 2.05) is 6.92 Å². The lowest BCUT2D eigenvalue weighted by molar-refractivity contribution is -0.133. The molecule has 106 valence electrons. The lowest BCUT2D eigenvalue weighted by Gasteiger charge is -2.34. The molecule has 1 heterocycles. The highest BCUT2D eigenvalue weighted by Crippen LogP contribution is 2.15. The Balaban J connectivity index is 0.00000180. The van der Waals surface area contributed by atoms with E-state index in [4.69, 9.17) is 0 Å². The fourth-order valence-corrected chi connectivity index (χ4v) is 2.17. The van der Waals surface area contributed by atoms with E-state index in [2.05, 4.69) is 5.32 Å². The van der Waals surface area contributed by atoms with Gasteiger partial charge in [-0.3, -0.25) is 4.79 Å². The van der Waals surface area contributed by atoms with Gasteiger partial charge in [0.15, 0.2) is 0 Å². The van der Waals surface area contributed by atoms with Gasteiger partial charge in [-0.25, -0.2) is 8.78 Å². The maximum Gasteiger partial charge on any atom is 0.227 e. The van der Waals surface area contributed by atoms with Gasteiger partial charge in [0, 0.05) is 31.2 Å². The minimum atomic E-state index is -0.661. The molecular formula is C13H17ClF2N2O. The van der Waals surface area contributed by atoms with E-state index < -0.39 is 11.6 Å². The van der Waals surface area contributed by atoms with Crippen LogP contribution in [0.4, 0.5) is 8.78 Å². The summed E-state index contributed by atoms with van der Waals surface area (Å²) in [7, 11) is 0. The quantitative estimate of drug-likeness (QED) is 0.900. The van der Waals surface area contributed by atoms with Gasteiger partial charge in [0.1, 0.15) is 11.6 Å². The maximum atomic E-state index is 13.5. The minimum absolute atomic E-state index is 0. The SMILES string of the molecule is CC1CNCCN1C(=O)Cc1c(F)cccc1F.Cl. The Morgan fingerprint density at radius 2 is 2.05 bits per heavy atom. The number of nitrogens with one attached hydrogen (secondary N) is 1. The van der Waals surface area contributed by atoms with Crippen LogP contribution in [-0.4, -0.2) is 36.5 Å². The molecule has 1 aliphatic rings. The van der Waals surface area contributed by atoms with Crippen molar-refractivity contribution in [3.63, 3.8) is 0 Å². The van der Waals surface area contributed by atoms with Crippen LogP contribution < -0.4 is 5.32 Å². The largest absolute Gasteiger partial charge is 0.337 e. The molecule has 1 aromatic rings. The number of amides is 1. The number of hydrogen-bond donors (Lipinski definition) is 1. The Morgan fingerprint density at radius 1 is 1.42 bits per heavy atom. The first-order valence-corrected chi connectivity index (χ1v) is 6.02. The number of carbonyl (C=O) groups is 1. The van der Waals surface area contributed by atoms with E-state index in [0.717, 1.165) is 6.54 Å². The standard InChI is InChI=1S/C13H16F2N2O.ClH/c1-9-8-16-5-6-17(9)13(18)7-10-11(14)3-2-4-12(10)15;/h2-4,9,16H,5-8H2,1H3;1H. The van der Waals surface area contributed by atoms with Crippen LogP contribution in [0.1, 0.15) is 12.5 Å². The molecule has 2 rings (SSSR count). The van der Waals surface area contributed by atoms with Gasteiger partial charge in [-0.2, -0.15) is 0 Å². The molecule has 1 saturated heterocycles. The summed E-state index contributed by atoms with van der Waals surface area (Å²) in [6, 6.07) is 3.70. The number of halogens is 3. The Morgan fingerprint density at radius 3 is 2.63 bits per heavy atom. The molecule has 19 heavy (non-hydrogen) atoms. The molecule has 1 aromatic carbocycles. The molecule has 0 radical (unpaired) electrons. The second-order valence-electron chi connectivity index (χ2n) is 4.52. The Kier molecular flexibility index (Phi) is 5.69. The average Bonchev–Trinajstić information content (AvgIpc) is 2.34. The molecule has 1 amide bonds. The second kappa shape index (κ2) is 6.82. The predicted molar refractivity (Wildman–Crippen MR) is 71.4 cm³/mol. The van der Waals surface area contributed by atoms with Gasteiger partial charge in [0.2, 0.25) is 5.91 Å². The van der Waals surface area contributed by atoms with E-state index in [9.17, 15) is 13.6 Å². The van der Waals surface area contributed by atoms with Crippen molar-refractivity contribution in [1.82, 2.24) is 10.2 Å². The molecule has 1 aliphatic heterocycles. The van der Waals surface area contributed by atoms with Crippen molar-refractivity contribution in [2.45, 2.75) is 19.4 Å². The van der Waals surface area contributed by atoms with Crippen LogP contribution in [-0.2, 0) is 11.2 Å². The lowest BCUT2D eigenvalue weighted by Crippen LogP contribution is -2.52. The normalized spacial score (nSPS) is 18.9. The number of rotatable bonds is 2. The minimum Gasteiger partial charge on any atom is -0.337 e. The van der Waals surface area contributed by atoms with Crippen molar-refractivity contribution in [3.05, 3.63) is 35.4 Å². The molecule has 3 nitrogen and oxygen atoms in total. The number of benzene rings is 1. The van der Waals surface area contributed by atoms with Crippen LogP contribution in [0.15, 0.2) is 18.2 Å². The molecule has 0 saturated carbocycles. The van der Waals surface area contributed by atoms with Crippen LogP contribution in [0.2, 0.25) is 0 Å². The number of nitrogens with zero attached hydrogens (tertiary/aromatic N) is 1. The zero-order valence-electron chi connectivity index (χ0n) is 10.7. The Labute approximate surface area is 117 Å². The fraction of sp³-hybridized carbons (Fsp3) is 0.462. The molecule has 0 aliphatic carbocycles. The highest BCUT2D eigenvalue weighted by Gasteiger charge is 2.24. The summed E-state index contributed by atoms with van der Waals surface area (Å²) >= 11 is 0. The molecular weight excluding hydrogens is 274 g/mol. The summed E-state index contributed by atoms with van der Waals surface area (Å²) in [5.41, 5.74) is -0.145. The molecule has 0 aromatic heterocycles. The van der Waals surface area contributed by atoms with Gasteiger partial charge in [-0.15, -0.1) is 12.4 Å². The van der Waals surface area contributed by atoms with Crippen molar-refractivity contribution >= 4 is 18.3 Å². The van der Waals surface area contributed by atoms with Crippen LogP contribution in [0.5, 0.6) is 0 Å². The summed E-state index contributed by atoms with van der Waals surface area (Å²) in [5, 5.41) is 3.16. The molecule has 1 unspecified atom stereocenters. The van der Waals surface area contributed by atoms with E-state index in [-0.39, 0.29) is 36.3 Å². The van der Waals surface area contributed by atoms with Crippen LogP contribution >= 0.6 is 12.4 Å². The second-order valence-corrected chi connectivity index (χ2v) is 4.52. The third-order valence-corrected chi connectivity index (χ3v) is 3.21. The first-order chi connectivity index (χ1) is 8.59. The predicted octanol–water partition coefficient (Wildman–Crippen LogP) is 1.75. The lowest BCUT2D eigenvalue weighted by atomic mass is 10.1. The Hall–Kier alpha value is -1.20. The Bertz CT molecular complexity index is 436. The maximum absolute atomic E-state index is 13.5. The van der Waals surface area contributed by atoms with Crippen molar-refractivity contribution in [1.29, 1.82) is 0 Å². The van der Waals surface area contributed by atoms with E-state index in [1.165, 1.54) is 18.2 Å². The summed E-state index contributed by atoms with van der Waals surface area (Å²) in [6.07, 6.45) is -0.219. The number of piperazine rings is 1. The van der Waals surface area contributed by atoms with Crippen LogP contribution in [0.3, 0.4) is 0 Å². The van der Waals surface area contributed by atoms with Crippen molar-refractivity contribution in [3.8, 4) is 0 Å². The first kappa shape index (κ1) is 15.9. The van der Waals surface area contributed by atoms with Crippen LogP contribution in [0, 0.1) is 11.6 Å². The smallest absolute Gasteiger partial charge is 0.227 e. The van der Waals surface area contributed by atoms with Crippen molar-refractivity contribution < 1.29 is 13.6 Å². The third-order valence-electron chi connectivity index (χ3n) is 3.21. The topological polar surface area (TPSA) is 32.3 Å².